The minimum Gasteiger partial charge on any atom is -0.493 e. The molecule has 1 amide bonds. The molecule has 168 valence electrons. The quantitative estimate of drug-likeness (QED) is 0.535. The molecule has 0 radical (unpaired) electrons. The predicted octanol–water partition coefficient (Wildman–Crippen LogP) is 4.17. The molecule has 8 heteroatoms. The molecule has 1 fully saturated rings. The zero-order chi connectivity index (χ0) is 22.5. The molecule has 0 bridgehead atoms. The van der Waals surface area contributed by atoms with Crippen molar-refractivity contribution in [2.24, 2.45) is 0 Å². The molecule has 0 N–H and O–H groups in total. The number of hydrogen-bond acceptors (Lipinski definition) is 7. The van der Waals surface area contributed by atoms with Crippen LogP contribution in [0, 0.1) is 0 Å². The molecule has 1 saturated heterocycles. The van der Waals surface area contributed by atoms with E-state index in [2.05, 4.69) is 22.3 Å². The second-order valence-electron chi connectivity index (χ2n) is 7.70. The second-order valence-corrected chi connectivity index (χ2v) is 8.79. The van der Waals surface area contributed by atoms with E-state index in [1.165, 1.54) is 5.56 Å². The van der Waals surface area contributed by atoms with Crippen LogP contribution >= 0.6 is 11.3 Å². The Kier molecular flexibility index (Phi) is 6.90. The van der Waals surface area contributed by atoms with Crippen LogP contribution in [0.5, 0.6) is 17.2 Å². The van der Waals surface area contributed by atoms with Gasteiger partial charge in [0, 0.05) is 31.0 Å². The molecule has 2 heterocycles. The van der Waals surface area contributed by atoms with Gasteiger partial charge in [0.25, 0.3) is 5.91 Å². The van der Waals surface area contributed by atoms with E-state index in [-0.39, 0.29) is 11.8 Å². The number of rotatable bonds is 7. The number of hydrogen-bond donors (Lipinski definition) is 0. The molecule has 1 aliphatic rings. The Morgan fingerprint density at radius 1 is 1.06 bits per heavy atom. The normalized spacial score (nSPS) is 16.0. The molecule has 1 aliphatic heterocycles. The lowest BCUT2D eigenvalue weighted by molar-refractivity contribution is 0.0706. The third-order valence-corrected chi connectivity index (χ3v) is 6.74. The number of methoxy groups -OCH3 is 3. The highest BCUT2D eigenvalue weighted by molar-refractivity contribution is 7.11. The Balaban J connectivity index is 1.49. The van der Waals surface area contributed by atoms with Crippen LogP contribution in [0.15, 0.2) is 42.5 Å². The molecule has 7 nitrogen and oxygen atoms in total. The van der Waals surface area contributed by atoms with Gasteiger partial charge in [-0.3, -0.25) is 4.79 Å². The number of carbonyl (C=O) groups is 1. The first-order valence-electron chi connectivity index (χ1n) is 10.6. The first-order valence-corrected chi connectivity index (χ1v) is 11.4. The lowest BCUT2D eigenvalue weighted by Crippen LogP contribution is -2.39. The van der Waals surface area contributed by atoms with Gasteiger partial charge >= 0.3 is 0 Å². The second kappa shape index (κ2) is 9.99. The van der Waals surface area contributed by atoms with Crippen molar-refractivity contribution in [3.63, 3.8) is 0 Å². The Morgan fingerprint density at radius 3 is 2.44 bits per heavy atom. The molecule has 1 atom stereocenters. The molecule has 1 unspecified atom stereocenters. The van der Waals surface area contributed by atoms with Gasteiger partial charge in [-0.2, -0.15) is 0 Å². The largest absolute Gasteiger partial charge is 0.493 e. The van der Waals surface area contributed by atoms with Gasteiger partial charge in [0.2, 0.25) is 5.75 Å². The van der Waals surface area contributed by atoms with E-state index in [1.807, 2.05) is 23.1 Å². The monoisotopic (exact) mass is 453 g/mol. The maximum absolute atomic E-state index is 13.3. The maximum atomic E-state index is 13.3. The molecule has 0 spiro atoms. The third-order valence-electron chi connectivity index (χ3n) is 5.65. The van der Waals surface area contributed by atoms with Crippen LogP contribution in [0.1, 0.15) is 44.7 Å². The van der Waals surface area contributed by atoms with Gasteiger partial charge in [-0.1, -0.05) is 30.3 Å². The van der Waals surface area contributed by atoms with Crippen LogP contribution in [0.25, 0.3) is 0 Å². The Hall–Kier alpha value is -3.13. The molecular weight excluding hydrogens is 426 g/mol. The summed E-state index contributed by atoms with van der Waals surface area (Å²) in [6.45, 7) is 1.33. The van der Waals surface area contributed by atoms with E-state index < -0.39 is 0 Å². The van der Waals surface area contributed by atoms with Crippen LogP contribution in [0.3, 0.4) is 0 Å². The van der Waals surface area contributed by atoms with Crippen LogP contribution in [0.4, 0.5) is 0 Å². The van der Waals surface area contributed by atoms with E-state index in [4.69, 9.17) is 14.2 Å². The van der Waals surface area contributed by atoms with E-state index in [0.29, 0.717) is 35.9 Å². The Labute approximate surface area is 191 Å². The van der Waals surface area contributed by atoms with Crippen molar-refractivity contribution in [2.75, 3.05) is 34.4 Å². The number of benzene rings is 2. The van der Waals surface area contributed by atoms with E-state index in [0.717, 1.165) is 29.3 Å². The number of ether oxygens (including phenoxy) is 3. The highest BCUT2D eigenvalue weighted by Crippen LogP contribution is 2.39. The summed E-state index contributed by atoms with van der Waals surface area (Å²) in [5.74, 6) is 1.56. The predicted molar refractivity (Wildman–Crippen MR) is 123 cm³/mol. The van der Waals surface area contributed by atoms with Crippen molar-refractivity contribution in [1.82, 2.24) is 15.1 Å². The van der Waals surface area contributed by atoms with E-state index in [9.17, 15) is 4.79 Å². The Bertz CT molecular complexity index is 1050. The number of aromatic nitrogens is 2. The fraction of sp³-hybridized carbons (Fsp3) is 0.375. The summed E-state index contributed by atoms with van der Waals surface area (Å²) in [4.78, 5) is 15.2. The van der Waals surface area contributed by atoms with Crippen molar-refractivity contribution in [1.29, 1.82) is 0 Å². The average Bonchev–Trinajstić information content (AvgIpc) is 3.31. The molecule has 1 aromatic heterocycles. The van der Waals surface area contributed by atoms with Crippen LogP contribution in [0.2, 0.25) is 0 Å². The zero-order valence-electron chi connectivity index (χ0n) is 18.5. The highest BCUT2D eigenvalue weighted by atomic mass is 32.1. The first-order chi connectivity index (χ1) is 15.6. The number of likely N-dealkylation sites (tertiary alicyclic amines) is 1. The topological polar surface area (TPSA) is 73.8 Å². The summed E-state index contributed by atoms with van der Waals surface area (Å²) in [6, 6.07) is 13.7. The van der Waals surface area contributed by atoms with Crippen LogP contribution in [-0.2, 0) is 6.42 Å². The summed E-state index contributed by atoms with van der Waals surface area (Å²) in [5.41, 5.74) is 1.74. The number of amides is 1. The summed E-state index contributed by atoms with van der Waals surface area (Å²) < 4.78 is 16.2. The minimum atomic E-state index is -0.0528. The fourth-order valence-corrected chi connectivity index (χ4v) is 5.03. The van der Waals surface area contributed by atoms with Crippen LogP contribution in [-0.4, -0.2) is 55.4 Å². The molecule has 3 aromatic rings. The lowest BCUT2D eigenvalue weighted by atomic mass is 9.98. The summed E-state index contributed by atoms with van der Waals surface area (Å²) in [7, 11) is 4.64. The van der Waals surface area contributed by atoms with Crippen molar-refractivity contribution < 1.29 is 19.0 Å². The van der Waals surface area contributed by atoms with Crippen molar-refractivity contribution in [3.8, 4) is 17.2 Å². The lowest BCUT2D eigenvalue weighted by Gasteiger charge is -2.32. The number of piperidine rings is 1. The number of nitrogens with zero attached hydrogens (tertiary/aromatic N) is 3. The summed E-state index contributed by atoms with van der Waals surface area (Å²) >= 11 is 1.64. The smallest absolute Gasteiger partial charge is 0.254 e. The number of carbonyl (C=O) groups excluding carboxylic acids is 1. The molecule has 0 aliphatic carbocycles. The van der Waals surface area contributed by atoms with Gasteiger partial charge in [0.15, 0.2) is 11.5 Å². The molecule has 2 aromatic carbocycles. The van der Waals surface area contributed by atoms with E-state index >= 15 is 0 Å². The summed E-state index contributed by atoms with van der Waals surface area (Å²) in [6.07, 6.45) is 2.70. The SMILES string of the molecule is COc1cc(C(=O)N2CCCC(c3nnc(Cc4ccccc4)s3)C2)cc(OC)c1OC. The Morgan fingerprint density at radius 2 is 1.78 bits per heavy atom. The van der Waals surface area contributed by atoms with Gasteiger partial charge in [-0.05, 0) is 30.5 Å². The van der Waals surface area contributed by atoms with Crippen molar-refractivity contribution in [3.05, 3.63) is 63.6 Å². The highest BCUT2D eigenvalue weighted by Gasteiger charge is 2.29. The minimum absolute atomic E-state index is 0.0528. The first kappa shape index (κ1) is 22.1. The van der Waals surface area contributed by atoms with Gasteiger partial charge in [-0.25, -0.2) is 0 Å². The van der Waals surface area contributed by atoms with Crippen LogP contribution < -0.4 is 14.2 Å². The summed E-state index contributed by atoms with van der Waals surface area (Å²) in [5, 5.41) is 10.8. The van der Waals surface area contributed by atoms with Gasteiger partial charge in [0.05, 0.1) is 21.3 Å². The van der Waals surface area contributed by atoms with Gasteiger partial charge < -0.3 is 19.1 Å². The standard InChI is InChI=1S/C24H27N3O4S/c1-29-19-13-18(14-20(30-2)22(19)31-3)24(28)27-11-7-10-17(15-27)23-26-25-21(32-23)12-16-8-5-4-6-9-16/h4-6,8-9,13-14,17H,7,10-12,15H2,1-3H3. The molecule has 0 saturated carbocycles. The van der Waals surface area contributed by atoms with Gasteiger partial charge in [-0.15, -0.1) is 21.5 Å². The van der Waals surface area contributed by atoms with E-state index in [1.54, 1.807) is 44.8 Å². The van der Waals surface area contributed by atoms with Gasteiger partial charge in [0.1, 0.15) is 10.0 Å². The van der Waals surface area contributed by atoms with Crippen molar-refractivity contribution in [2.45, 2.75) is 25.2 Å². The average molecular weight is 454 g/mol. The molecule has 32 heavy (non-hydrogen) atoms. The molecular formula is C24H27N3O4S. The zero-order valence-corrected chi connectivity index (χ0v) is 19.4. The fourth-order valence-electron chi connectivity index (χ4n) is 4.02. The third kappa shape index (κ3) is 4.70. The maximum Gasteiger partial charge on any atom is 0.254 e. The molecule has 4 rings (SSSR count). The van der Waals surface area contributed by atoms with Crippen molar-refractivity contribution >= 4 is 17.2 Å².